The minimum absolute atomic E-state index is 0.175. The van der Waals surface area contributed by atoms with E-state index in [-0.39, 0.29) is 12.6 Å². The van der Waals surface area contributed by atoms with Crippen LogP contribution in [0.1, 0.15) is 27.6 Å². The number of esters is 1. The summed E-state index contributed by atoms with van der Waals surface area (Å²) < 4.78 is 16.0. The molecule has 0 saturated heterocycles. The number of rotatable bonds is 8. The van der Waals surface area contributed by atoms with E-state index in [1.807, 2.05) is 43.3 Å². The normalized spacial score (nSPS) is 10.6. The van der Waals surface area contributed by atoms with Gasteiger partial charge in [-0.1, -0.05) is 35.0 Å². The maximum Gasteiger partial charge on any atom is 0.339 e. The van der Waals surface area contributed by atoms with Crippen LogP contribution in [0, 0.1) is 13.8 Å². The molecule has 6 nitrogen and oxygen atoms in total. The average Bonchev–Trinajstić information content (AvgIpc) is 3.10. The molecule has 7 heteroatoms. The molecule has 0 aliphatic carbocycles. The third-order valence-corrected chi connectivity index (χ3v) is 4.69. The molecule has 0 spiro atoms. The molecule has 1 aromatic heterocycles. The van der Waals surface area contributed by atoms with E-state index in [0.717, 1.165) is 10.6 Å². The lowest BCUT2D eigenvalue weighted by Gasteiger charge is -2.10. The number of thioether (sulfide) groups is 1. The highest BCUT2D eigenvalue weighted by Gasteiger charge is 2.14. The van der Waals surface area contributed by atoms with Gasteiger partial charge in [0, 0.05) is 4.90 Å². The second-order valence-corrected chi connectivity index (χ2v) is 6.83. The fraction of sp³-hybridized carbons (Fsp3) is 0.250. The zero-order valence-corrected chi connectivity index (χ0v) is 16.0. The van der Waals surface area contributed by atoms with Crippen LogP contribution in [0.2, 0.25) is 0 Å². The summed E-state index contributed by atoms with van der Waals surface area (Å²) in [6, 6.07) is 15.0. The molecule has 3 aromatic rings. The number of carbonyl (C=O) groups excluding carboxylic acids is 1. The predicted octanol–water partition coefficient (Wildman–Crippen LogP) is 4.21. The fourth-order valence-electron chi connectivity index (χ4n) is 2.31. The molecular weight excluding hydrogens is 364 g/mol. The van der Waals surface area contributed by atoms with Gasteiger partial charge in [-0.3, -0.25) is 0 Å². The smallest absolute Gasteiger partial charge is 0.339 e. The molecule has 0 N–H and O–H groups in total. The number of hydrogen-bond acceptors (Lipinski definition) is 7. The first-order valence-corrected chi connectivity index (χ1v) is 9.48. The van der Waals surface area contributed by atoms with Gasteiger partial charge in [-0.15, -0.1) is 11.8 Å². The van der Waals surface area contributed by atoms with Gasteiger partial charge < -0.3 is 14.0 Å². The number of ether oxygens (including phenoxy) is 2. The van der Waals surface area contributed by atoms with Crippen molar-refractivity contribution in [3.63, 3.8) is 0 Å². The number of aromatic nitrogens is 2. The molecule has 140 valence electrons. The summed E-state index contributed by atoms with van der Waals surface area (Å²) in [5, 5.41) is 3.76. The molecule has 0 aliphatic rings. The lowest BCUT2D eigenvalue weighted by Crippen LogP contribution is -2.13. The Labute approximate surface area is 161 Å². The summed E-state index contributed by atoms with van der Waals surface area (Å²) in [7, 11) is 0. The molecule has 0 saturated carbocycles. The van der Waals surface area contributed by atoms with Crippen LogP contribution in [0.3, 0.4) is 0 Å². The summed E-state index contributed by atoms with van der Waals surface area (Å²) in [5.41, 5.74) is 1.67. The number of benzene rings is 2. The second kappa shape index (κ2) is 9.23. The van der Waals surface area contributed by atoms with Crippen molar-refractivity contribution in [2.24, 2.45) is 0 Å². The molecule has 3 rings (SSSR count). The average molecular weight is 384 g/mol. The minimum Gasteiger partial charge on any atom is -0.490 e. The summed E-state index contributed by atoms with van der Waals surface area (Å²) in [5.74, 6) is 1.97. The van der Waals surface area contributed by atoms with E-state index in [4.69, 9.17) is 14.0 Å². The lowest BCUT2D eigenvalue weighted by atomic mass is 10.2. The maximum atomic E-state index is 12.4. The van der Waals surface area contributed by atoms with E-state index < -0.39 is 0 Å². The maximum absolute atomic E-state index is 12.4. The summed E-state index contributed by atoms with van der Waals surface area (Å²) in [6.07, 6.45) is 0. The van der Waals surface area contributed by atoms with Gasteiger partial charge in [-0.25, -0.2) is 4.79 Å². The van der Waals surface area contributed by atoms with Crippen LogP contribution in [0.5, 0.6) is 5.75 Å². The molecule has 0 fully saturated rings. The molecular formula is C20H20N2O4S. The van der Waals surface area contributed by atoms with Gasteiger partial charge in [0.15, 0.2) is 5.82 Å². The Kier molecular flexibility index (Phi) is 6.49. The highest BCUT2D eigenvalue weighted by Crippen LogP contribution is 2.26. The Bertz CT molecular complexity index is 893. The van der Waals surface area contributed by atoms with E-state index in [0.29, 0.717) is 29.6 Å². The van der Waals surface area contributed by atoms with Crippen LogP contribution in [0.4, 0.5) is 0 Å². The Morgan fingerprint density at radius 3 is 2.59 bits per heavy atom. The van der Waals surface area contributed by atoms with Crippen LogP contribution in [0.15, 0.2) is 57.9 Å². The molecule has 0 aliphatic heterocycles. The van der Waals surface area contributed by atoms with Gasteiger partial charge in [-0.05, 0) is 38.1 Å². The van der Waals surface area contributed by atoms with Crippen molar-refractivity contribution in [3.8, 4) is 5.75 Å². The van der Waals surface area contributed by atoms with Crippen LogP contribution in [-0.2, 0) is 10.5 Å². The van der Waals surface area contributed by atoms with E-state index in [9.17, 15) is 4.79 Å². The standard InChI is InChI=1S/C20H20N2O4S/c1-14-7-9-16(10-8-14)24-11-12-25-20(23)17-5-3-4-6-18(17)27-13-19-21-15(2)22-26-19/h3-10H,11-13H2,1-2H3. The van der Waals surface area contributed by atoms with Gasteiger partial charge in [0.25, 0.3) is 0 Å². The van der Waals surface area contributed by atoms with Crippen LogP contribution < -0.4 is 4.74 Å². The van der Waals surface area contributed by atoms with E-state index in [2.05, 4.69) is 10.1 Å². The molecule has 0 atom stereocenters. The predicted molar refractivity (Wildman–Crippen MR) is 102 cm³/mol. The van der Waals surface area contributed by atoms with E-state index in [1.54, 1.807) is 19.1 Å². The Hall–Kier alpha value is -2.80. The van der Waals surface area contributed by atoms with Crippen molar-refractivity contribution in [3.05, 3.63) is 71.4 Å². The minimum atomic E-state index is -0.382. The van der Waals surface area contributed by atoms with Gasteiger partial charge >= 0.3 is 5.97 Å². The molecule has 0 amide bonds. The third-order valence-electron chi connectivity index (χ3n) is 3.63. The van der Waals surface area contributed by atoms with Crippen molar-refractivity contribution in [2.75, 3.05) is 13.2 Å². The Morgan fingerprint density at radius 1 is 1.07 bits per heavy atom. The first kappa shape index (κ1) is 19.0. The zero-order chi connectivity index (χ0) is 19.1. The molecule has 1 heterocycles. The molecule has 0 unspecified atom stereocenters. The van der Waals surface area contributed by atoms with Gasteiger partial charge in [0.05, 0.1) is 11.3 Å². The van der Waals surface area contributed by atoms with Gasteiger partial charge in [0.2, 0.25) is 5.89 Å². The largest absolute Gasteiger partial charge is 0.490 e. The van der Waals surface area contributed by atoms with Crippen molar-refractivity contribution >= 4 is 17.7 Å². The second-order valence-electron chi connectivity index (χ2n) is 5.82. The quantitative estimate of drug-likeness (QED) is 0.327. The number of nitrogens with zero attached hydrogens (tertiary/aromatic N) is 2. The van der Waals surface area contributed by atoms with E-state index >= 15 is 0 Å². The first-order chi connectivity index (χ1) is 13.1. The number of carbonyl (C=O) groups is 1. The Morgan fingerprint density at radius 2 is 1.85 bits per heavy atom. The number of hydrogen-bond donors (Lipinski definition) is 0. The summed E-state index contributed by atoms with van der Waals surface area (Å²) in [6.45, 7) is 4.25. The molecule has 2 aromatic carbocycles. The van der Waals surface area contributed by atoms with Gasteiger partial charge in [0.1, 0.15) is 19.0 Å². The van der Waals surface area contributed by atoms with Crippen molar-refractivity contribution in [1.82, 2.24) is 10.1 Å². The van der Waals surface area contributed by atoms with E-state index in [1.165, 1.54) is 17.3 Å². The van der Waals surface area contributed by atoms with Crippen molar-refractivity contribution in [2.45, 2.75) is 24.5 Å². The zero-order valence-electron chi connectivity index (χ0n) is 15.2. The van der Waals surface area contributed by atoms with Gasteiger partial charge in [-0.2, -0.15) is 4.98 Å². The highest BCUT2D eigenvalue weighted by atomic mass is 32.2. The SMILES string of the molecule is Cc1ccc(OCCOC(=O)c2ccccc2SCc2nc(C)no2)cc1. The van der Waals surface area contributed by atoms with Crippen LogP contribution in [0.25, 0.3) is 0 Å². The highest BCUT2D eigenvalue weighted by molar-refractivity contribution is 7.98. The van der Waals surface area contributed by atoms with Crippen molar-refractivity contribution < 1.29 is 18.8 Å². The van der Waals surface area contributed by atoms with Crippen molar-refractivity contribution in [1.29, 1.82) is 0 Å². The van der Waals surface area contributed by atoms with Crippen LogP contribution in [-0.4, -0.2) is 29.3 Å². The summed E-state index contributed by atoms with van der Waals surface area (Å²) >= 11 is 1.45. The summed E-state index contributed by atoms with van der Waals surface area (Å²) in [4.78, 5) is 17.4. The molecule has 27 heavy (non-hydrogen) atoms. The number of aryl methyl sites for hydroxylation is 2. The topological polar surface area (TPSA) is 74.5 Å². The lowest BCUT2D eigenvalue weighted by molar-refractivity contribution is 0.0446. The Balaban J connectivity index is 1.51. The monoisotopic (exact) mass is 384 g/mol. The first-order valence-electron chi connectivity index (χ1n) is 8.49. The third kappa shape index (κ3) is 5.59. The van der Waals surface area contributed by atoms with Crippen LogP contribution >= 0.6 is 11.8 Å². The molecule has 0 radical (unpaired) electrons. The molecule has 0 bridgehead atoms. The fourth-order valence-corrected chi connectivity index (χ4v) is 3.18.